The van der Waals surface area contributed by atoms with Crippen LogP contribution in [0.5, 0.6) is 0 Å². The number of carbonyl (C=O) groups excluding carboxylic acids is 1. The van der Waals surface area contributed by atoms with Gasteiger partial charge in [-0.15, -0.1) is 0 Å². The van der Waals surface area contributed by atoms with Crippen LogP contribution in [0.2, 0.25) is 0 Å². The van der Waals surface area contributed by atoms with E-state index in [1.54, 1.807) is 6.07 Å². The lowest BCUT2D eigenvalue weighted by molar-refractivity contribution is -0.123. The van der Waals surface area contributed by atoms with Gasteiger partial charge in [-0.25, -0.2) is 5.10 Å². The van der Waals surface area contributed by atoms with Crippen LogP contribution in [-0.2, 0) is 17.6 Å². The molecule has 2 N–H and O–H groups in total. The molecule has 1 aromatic heterocycles. The molecule has 1 saturated heterocycles. The number of nitrogens with zero attached hydrogens (tertiary/aromatic N) is 2. The Hall–Kier alpha value is -1.69. The average Bonchev–Trinajstić information content (AvgIpc) is 2.54. The van der Waals surface area contributed by atoms with Crippen LogP contribution in [0, 0.1) is 5.92 Å². The van der Waals surface area contributed by atoms with Crippen LogP contribution < -0.4 is 10.9 Å². The van der Waals surface area contributed by atoms with Gasteiger partial charge < -0.3 is 5.32 Å². The van der Waals surface area contributed by atoms with Gasteiger partial charge in [0.2, 0.25) is 5.91 Å². The van der Waals surface area contributed by atoms with E-state index in [4.69, 9.17) is 0 Å². The van der Waals surface area contributed by atoms with Crippen molar-refractivity contribution in [1.29, 1.82) is 0 Å². The third kappa shape index (κ3) is 4.19. The molecule has 0 saturated carbocycles. The highest BCUT2D eigenvalue weighted by atomic mass is 16.2. The molecular weight excluding hydrogens is 292 g/mol. The predicted molar refractivity (Wildman–Crippen MR) is 88.3 cm³/mol. The summed E-state index contributed by atoms with van der Waals surface area (Å²) in [6.07, 6.45) is 6.06. The van der Waals surface area contributed by atoms with Crippen LogP contribution in [0.25, 0.3) is 0 Å². The third-order valence-electron chi connectivity index (χ3n) is 5.09. The first-order valence-corrected chi connectivity index (χ1v) is 8.73. The highest BCUT2D eigenvalue weighted by molar-refractivity contribution is 5.78. The highest BCUT2D eigenvalue weighted by Crippen LogP contribution is 2.19. The number of H-pyrrole nitrogens is 1. The van der Waals surface area contributed by atoms with E-state index >= 15 is 0 Å². The monoisotopic (exact) mass is 318 g/mol. The van der Waals surface area contributed by atoms with Crippen molar-refractivity contribution < 1.29 is 4.79 Å². The van der Waals surface area contributed by atoms with Gasteiger partial charge >= 0.3 is 0 Å². The molecule has 2 heterocycles. The van der Waals surface area contributed by atoms with E-state index in [1.807, 2.05) is 0 Å². The molecule has 1 aliphatic carbocycles. The molecule has 0 spiro atoms. The molecule has 6 nitrogen and oxygen atoms in total. The van der Waals surface area contributed by atoms with Crippen LogP contribution in [0.3, 0.4) is 0 Å². The van der Waals surface area contributed by atoms with Crippen LogP contribution in [0.1, 0.15) is 43.9 Å². The van der Waals surface area contributed by atoms with Crippen molar-refractivity contribution in [3.05, 3.63) is 27.7 Å². The van der Waals surface area contributed by atoms with Crippen LogP contribution in [-0.4, -0.2) is 46.7 Å². The summed E-state index contributed by atoms with van der Waals surface area (Å²) in [6.45, 7) is 4.78. The summed E-state index contributed by atoms with van der Waals surface area (Å²) in [7, 11) is 0. The summed E-state index contributed by atoms with van der Waals surface area (Å²) in [5.74, 6) is 0.837. The van der Waals surface area contributed by atoms with E-state index in [-0.39, 0.29) is 17.5 Å². The Morgan fingerprint density at radius 2 is 2.35 bits per heavy atom. The molecule has 2 unspecified atom stereocenters. The molecule has 1 aliphatic heterocycles. The number of hydrogen-bond donors (Lipinski definition) is 2. The molecule has 6 heteroatoms. The second-order valence-electron chi connectivity index (χ2n) is 6.86. The second-order valence-corrected chi connectivity index (χ2v) is 6.86. The molecule has 3 rings (SSSR count). The lowest BCUT2D eigenvalue weighted by Crippen LogP contribution is -2.46. The molecule has 1 fully saturated rings. The van der Waals surface area contributed by atoms with Gasteiger partial charge in [0.25, 0.3) is 5.56 Å². The van der Waals surface area contributed by atoms with Gasteiger partial charge in [-0.1, -0.05) is 13.3 Å². The van der Waals surface area contributed by atoms with E-state index in [0.717, 1.165) is 43.1 Å². The number of likely N-dealkylation sites (tertiary alicyclic amines) is 1. The van der Waals surface area contributed by atoms with E-state index in [0.29, 0.717) is 13.0 Å². The van der Waals surface area contributed by atoms with Crippen molar-refractivity contribution in [3.8, 4) is 0 Å². The maximum absolute atomic E-state index is 12.3. The summed E-state index contributed by atoms with van der Waals surface area (Å²) < 4.78 is 0. The summed E-state index contributed by atoms with van der Waals surface area (Å²) in [5.41, 5.74) is 1.75. The van der Waals surface area contributed by atoms with Gasteiger partial charge in [0.1, 0.15) is 0 Å². The molecule has 23 heavy (non-hydrogen) atoms. The van der Waals surface area contributed by atoms with E-state index in [9.17, 15) is 9.59 Å². The third-order valence-corrected chi connectivity index (χ3v) is 5.09. The minimum Gasteiger partial charge on any atom is -0.352 e. The van der Waals surface area contributed by atoms with E-state index < -0.39 is 0 Å². The fraction of sp³-hybridized carbons (Fsp3) is 0.706. The zero-order valence-corrected chi connectivity index (χ0v) is 13.8. The van der Waals surface area contributed by atoms with Gasteiger partial charge in [-0.05, 0) is 50.1 Å². The Kier molecular flexibility index (Phi) is 5.10. The Balaban J connectivity index is 1.52. The average molecular weight is 318 g/mol. The van der Waals surface area contributed by atoms with Crippen LogP contribution >= 0.6 is 0 Å². The molecule has 2 aliphatic rings. The standard InChI is InChI=1S/C17H26N4O2/c1-2-12-4-3-7-21(10-12)11-17(23)18-14-5-6-15-13(8-14)9-16(22)20-19-15/h9,12,14H,2-8,10-11H2,1H3,(H,18,23)(H,20,22). The maximum Gasteiger partial charge on any atom is 0.264 e. The minimum absolute atomic E-state index is 0.105. The smallest absolute Gasteiger partial charge is 0.264 e. The van der Waals surface area contributed by atoms with E-state index in [2.05, 4.69) is 27.3 Å². The zero-order valence-electron chi connectivity index (χ0n) is 13.8. The summed E-state index contributed by atoms with van der Waals surface area (Å²) >= 11 is 0. The van der Waals surface area contributed by atoms with Crippen LogP contribution in [0.4, 0.5) is 0 Å². The number of nitrogens with one attached hydrogen (secondary N) is 2. The van der Waals surface area contributed by atoms with Crippen LogP contribution in [0.15, 0.2) is 10.9 Å². The Labute approximate surface area is 136 Å². The molecule has 126 valence electrons. The van der Waals surface area contributed by atoms with Crippen molar-refractivity contribution in [2.24, 2.45) is 5.92 Å². The SMILES string of the molecule is CCC1CCCN(CC(=O)NC2CCc3n[nH]c(=O)cc3C2)C1. The molecule has 0 aromatic carbocycles. The Bertz CT molecular complexity index is 613. The molecule has 1 amide bonds. The number of piperidine rings is 1. The second kappa shape index (κ2) is 7.25. The van der Waals surface area contributed by atoms with Crippen molar-refractivity contribution in [1.82, 2.24) is 20.4 Å². The number of rotatable bonds is 4. The normalized spacial score (nSPS) is 24.9. The van der Waals surface area contributed by atoms with Crippen molar-refractivity contribution in [2.45, 2.75) is 51.5 Å². The molecular formula is C17H26N4O2. The predicted octanol–water partition coefficient (Wildman–Crippen LogP) is 0.865. The zero-order chi connectivity index (χ0) is 16.2. The molecule has 1 aromatic rings. The maximum atomic E-state index is 12.3. The van der Waals surface area contributed by atoms with Crippen molar-refractivity contribution in [2.75, 3.05) is 19.6 Å². The van der Waals surface area contributed by atoms with Gasteiger partial charge in [0.15, 0.2) is 0 Å². The number of amides is 1. The Morgan fingerprint density at radius 1 is 1.48 bits per heavy atom. The fourth-order valence-corrected chi connectivity index (χ4v) is 3.77. The van der Waals surface area contributed by atoms with Gasteiger partial charge in [-0.2, -0.15) is 5.10 Å². The first-order chi connectivity index (χ1) is 11.1. The van der Waals surface area contributed by atoms with Crippen molar-refractivity contribution >= 4 is 5.91 Å². The molecule has 0 bridgehead atoms. The molecule has 2 atom stereocenters. The number of aromatic amines is 1. The van der Waals surface area contributed by atoms with E-state index in [1.165, 1.54) is 19.3 Å². The lowest BCUT2D eigenvalue weighted by Gasteiger charge is -2.32. The quantitative estimate of drug-likeness (QED) is 0.863. The van der Waals surface area contributed by atoms with Gasteiger partial charge in [-0.3, -0.25) is 14.5 Å². The van der Waals surface area contributed by atoms with Gasteiger partial charge in [0.05, 0.1) is 12.2 Å². The minimum atomic E-state index is -0.172. The number of fused-ring (bicyclic) bond motifs is 1. The largest absolute Gasteiger partial charge is 0.352 e. The first kappa shape index (κ1) is 16.2. The molecule has 0 radical (unpaired) electrons. The first-order valence-electron chi connectivity index (χ1n) is 8.73. The highest BCUT2D eigenvalue weighted by Gasteiger charge is 2.24. The number of hydrogen-bond acceptors (Lipinski definition) is 4. The van der Waals surface area contributed by atoms with Crippen molar-refractivity contribution in [3.63, 3.8) is 0 Å². The topological polar surface area (TPSA) is 78.1 Å². The summed E-state index contributed by atoms with van der Waals surface area (Å²) in [6, 6.07) is 1.72. The summed E-state index contributed by atoms with van der Waals surface area (Å²) in [4.78, 5) is 26.0. The van der Waals surface area contributed by atoms with Gasteiger partial charge in [0, 0.05) is 18.7 Å². The lowest BCUT2D eigenvalue weighted by atomic mass is 9.92. The number of aromatic nitrogens is 2. The number of aryl methyl sites for hydroxylation is 1. The Morgan fingerprint density at radius 3 is 3.17 bits per heavy atom. The number of carbonyl (C=O) groups is 1. The fourth-order valence-electron chi connectivity index (χ4n) is 3.77. The summed E-state index contributed by atoms with van der Waals surface area (Å²) in [5, 5.41) is 9.70.